The maximum atomic E-state index is 12.1. The van der Waals surface area contributed by atoms with Gasteiger partial charge in [-0.25, -0.2) is 4.68 Å². The van der Waals surface area contributed by atoms with Crippen LogP contribution in [0.2, 0.25) is 0 Å². The number of nitrogens with zero attached hydrogens (tertiary/aromatic N) is 2. The number of benzene rings is 1. The summed E-state index contributed by atoms with van der Waals surface area (Å²) in [6, 6.07) is 8.58. The van der Waals surface area contributed by atoms with Crippen LogP contribution in [0.1, 0.15) is 35.8 Å². The normalized spacial score (nSPS) is 10.3. The number of rotatable bonds is 4. The van der Waals surface area contributed by atoms with Crippen LogP contribution >= 0.6 is 0 Å². The Bertz CT molecular complexity index is 614. The first kappa shape index (κ1) is 14.0. The SMILES string of the molecule is CCCC(=O)Nc1ccc(C(=O)n2ccc(C)n2)cc1. The van der Waals surface area contributed by atoms with Gasteiger partial charge in [0.15, 0.2) is 0 Å². The fourth-order valence-corrected chi connectivity index (χ4v) is 1.81. The Hall–Kier alpha value is -2.43. The van der Waals surface area contributed by atoms with Gasteiger partial charge in [0, 0.05) is 23.9 Å². The van der Waals surface area contributed by atoms with Gasteiger partial charge in [-0.15, -0.1) is 0 Å². The Balaban J connectivity index is 2.08. The Morgan fingerprint density at radius 1 is 1.20 bits per heavy atom. The number of aromatic nitrogens is 2. The molecule has 0 atom stereocenters. The fourth-order valence-electron chi connectivity index (χ4n) is 1.81. The molecule has 1 amide bonds. The van der Waals surface area contributed by atoms with Crippen molar-refractivity contribution in [3.8, 4) is 0 Å². The van der Waals surface area contributed by atoms with Gasteiger partial charge < -0.3 is 5.32 Å². The molecular formula is C15H17N3O2. The average molecular weight is 271 g/mol. The summed E-state index contributed by atoms with van der Waals surface area (Å²) in [5.41, 5.74) is 2.01. The molecule has 1 aromatic carbocycles. The molecule has 5 heteroatoms. The summed E-state index contributed by atoms with van der Waals surface area (Å²) in [5.74, 6) is -0.209. The fraction of sp³-hybridized carbons (Fsp3) is 0.267. The predicted molar refractivity (Wildman–Crippen MR) is 76.7 cm³/mol. The summed E-state index contributed by atoms with van der Waals surface area (Å²) >= 11 is 0. The lowest BCUT2D eigenvalue weighted by atomic mass is 10.2. The average Bonchev–Trinajstić information content (AvgIpc) is 2.86. The van der Waals surface area contributed by atoms with Crippen LogP contribution < -0.4 is 5.32 Å². The molecule has 0 aliphatic carbocycles. The lowest BCUT2D eigenvalue weighted by Crippen LogP contribution is -2.13. The highest BCUT2D eigenvalue weighted by Gasteiger charge is 2.09. The van der Waals surface area contributed by atoms with E-state index in [9.17, 15) is 9.59 Å². The molecule has 0 spiro atoms. The van der Waals surface area contributed by atoms with Gasteiger partial charge >= 0.3 is 0 Å². The maximum Gasteiger partial charge on any atom is 0.278 e. The van der Waals surface area contributed by atoms with E-state index in [1.807, 2.05) is 13.8 Å². The van der Waals surface area contributed by atoms with Crippen molar-refractivity contribution < 1.29 is 9.59 Å². The minimum atomic E-state index is -0.190. The van der Waals surface area contributed by atoms with Gasteiger partial charge in [0.1, 0.15) is 0 Å². The summed E-state index contributed by atoms with van der Waals surface area (Å²) in [7, 11) is 0. The van der Waals surface area contributed by atoms with Crippen LogP contribution in [0, 0.1) is 6.92 Å². The second-order valence-electron chi connectivity index (χ2n) is 4.58. The number of amides is 1. The van der Waals surface area contributed by atoms with Crippen molar-refractivity contribution in [1.29, 1.82) is 0 Å². The second-order valence-corrected chi connectivity index (χ2v) is 4.58. The Kier molecular flexibility index (Phi) is 4.30. The largest absolute Gasteiger partial charge is 0.326 e. The van der Waals surface area contributed by atoms with Crippen molar-refractivity contribution >= 4 is 17.5 Å². The van der Waals surface area contributed by atoms with Crippen molar-refractivity contribution in [3.05, 3.63) is 47.8 Å². The number of carbonyl (C=O) groups excluding carboxylic acids is 2. The van der Waals surface area contributed by atoms with E-state index in [1.54, 1.807) is 36.5 Å². The molecule has 104 valence electrons. The molecule has 1 N–H and O–H groups in total. The lowest BCUT2D eigenvalue weighted by Gasteiger charge is -2.05. The topological polar surface area (TPSA) is 64.0 Å². The molecule has 0 saturated heterocycles. The summed E-state index contributed by atoms with van der Waals surface area (Å²) in [5, 5.41) is 6.86. The monoisotopic (exact) mass is 271 g/mol. The Morgan fingerprint density at radius 2 is 1.90 bits per heavy atom. The van der Waals surface area contributed by atoms with Crippen molar-refractivity contribution in [2.45, 2.75) is 26.7 Å². The van der Waals surface area contributed by atoms with Crippen molar-refractivity contribution in [3.63, 3.8) is 0 Å². The molecular weight excluding hydrogens is 254 g/mol. The van der Waals surface area contributed by atoms with E-state index in [4.69, 9.17) is 0 Å². The zero-order chi connectivity index (χ0) is 14.5. The molecule has 0 saturated carbocycles. The van der Waals surface area contributed by atoms with Gasteiger partial charge in [0.2, 0.25) is 5.91 Å². The van der Waals surface area contributed by atoms with Gasteiger partial charge in [0.05, 0.1) is 5.69 Å². The summed E-state index contributed by atoms with van der Waals surface area (Å²) in [6.45, 7) is 3.78. The number of nitrogens with one attached hydrogen (secondary N) is 1. The second kappa shape index (κ2) is 6.14. The van der Waals surface area contributed by atoms with Crippen LogP contribution in [0.15, 0.2) is 36.5 Å². The summed E-state index contributed by atoms with van der Waals surface area (Å²) in [6.07, 6.45) is 2.93. The third-order valence-corrected chi connectivity index (χ3v) is 2.82. The van der Waals surface area contributed by atoms with Crippen LogP contribution in [0.3, 0.4) is 0 Å². The molecule has 0 aliphatic rings. The minimum absolute atomic E-state index is 0.0192. The summed E-state index contributed by atoms with van der Waals surface area (Å²) < 4.78 is 1.31. The van der Waals surface area contributed by atoms with Crippen LogP contribution in [0.5, 0.6) is 0 Å². The van der Waals surface area contributed by atoms with Gasteiger partial charge in [0.25, 0.3) is 5.91 Å². The molecule has 0 aliphatic heterocycles. The minimum Gasteiger partial charge on any atom is -0.326 e. The number of aryl methyl sites for hydroxylation is 1. The first-order chi connectivity index (χ1) is 9.60. The highest BCUT2D eigenvalue weighted by atomic mass is 16.2. The van der Waals surface area contributed by atoms with Crippen LogP contribution in [0.4, 0.5) is 5.69 Å². The van der Waals surface area contributed by atoms with Crippen molar-refractivity contribution in [1.82, 2.24) is 9.78 Å². The van der Waals surface area contributed by atoms with E-state index in [1.165, 1.54) is 4.68 Å². The van der Waals surface area contributed by atoms with E-state index in [0.717, 1.165) is 12.1 Å². The molecule has 0 unspecified atom stereocenters. The van der Waals surface area contributed by atoms with Crippen LogP contribution in [-0.4, -0.2) is 21.6 Å². The molecule has 20 heavy (non-hydrogen) atoms. The third-order valence-electron chi connectivity index (χ3n) is 2.82. The van der Waals surface area contributed by atoms with E-state index in [0.29, 0.717) is 17.7 Å². The zero-order valence-corrected chi connectivity index (χ0v) is 11.6. The lowest BCUT2D eigenvalue weighted by molar-refractivity contribution is -0.116. The summed E-state index contributed by atoms with van der Waals surface area (Å²) in [4.78, 5) is 23.6. The van der Waals surface area contributed by atoms with Crippen LogP contribution in [0.25, 0.3) is 0 Å². The molecule has 1 aromatic heterocycles. The molecule has 2 aromatic rings. The Morgan fingerprint density at radius 3 is 2.45 bits per heavy atom. The van der Waals surface area contributed by atoms with E-state index in [2.05, 4.69) is 10.4 Å². The quantitative estimate of drug-likeness (QED) is 0.929. The van der Waals surface area contributed by atoms with E-state index in [-0.39, 0.29) is 11.8 Å². The van der Waals surface area contributed by atoms with Gasteiger partial charge in [-0.2, -0.15) is 5.10 Å². The van der Waals surface area contributed by atoms with Crippen molar-refractivity contribution in [2.75, 3.05) is 5.32 Å². The highest BCUT2D eigenvalue weighted by Crippen LogP contribution is 2.11. The molecule has 2 rings (SSSR count). The van der Waals surface area contributed by atoms with Crippen molar-refractivity contribution in [2.24, 2.45) is 0 Å². The van der Waals surface area contributed by atoms with Gasteiger partial charge in [-0.3, -0.25) is 9.59 Å². The van der Waals surface area contributed by atoms with E-state index >= 15 is 0 Å². The smallest absolute Gasteiger partial charge is 0.278 e. The first-order valence-corrected chi connectivity index (χ1v) is 6.57. The molecule has 0 radical (unpaired) electrons. The third kappa shape index (κ3) is 3.32. The van der Waals surface area contributed by atoms with Gasteiger partial charge in [-0.05, 0) is 43.7 Å². The number of carbonyl (C=O) groups is 2. The number of hydrogen-bond acceptors (Lipinski definition) is 3. The number of hydrogen-bond donors (Lipinski definition) is 1. The standard InChI is InChI=1S/C15H17N3O2/c1-3-4-14(19)16-13-7-5-12(6-8-13)15(20)18-10-9-11(2)17-18/h5-10H,3-4H2,1-2H3,(H,16,19). The zero-order valence-electron chi connectivity index (χ0n) is 11.6. The van der Waals surface area contributed by atoms with Gasteiger partial charge in [-0.1, -0.05) is 6.92 Å². The molecule has 1 heterocycles. The van der Waals surface area contributed by atoms with Crippen LogP contribution in [-0.2, 0) is 4.79 Å². The first-order valence-electron chi connectivity index (χ1n) is 6.57. The van der Waals surface area contributed by atoms with E-state index < -0.39 is 0 Å². The molecule has 0 bridgehead atoms. The number of anilines is 1. The predicted octanol–water partition coefficient (Wildman–Crippen LogP) is 2.62. The molecule has 0 fully saturated rings. The Labute approximate surface area is 117 Å². The molecule has 5 nitrogen and oxygen atoms in total. The maximum absolute atomic E-state index is 12.1. The highest BCUT2D eigenvalue weighted by molar-refractivity contribution is 5.96.